The lowest BCUT2D eigenvalue weighted by Gasteiger charge is -2.36. The molecule has 0 saturated carbocycles. The van der Waals surface area contributed by atoms with Gasteiger partial charge < -0.3 is 14.8 Å². The second-order valence-corrected chi connectivity index (χ2v) is 6.19. The molecule has 0 radical (unpaired) electrons. The SMILES string of the molecule is CCCCn1cc(O)c(=O)cc1CN1CCCCC1CCO. The Bertz CT molecular complexity index is 525. The second kappa shape index (κ2) is 8.34. The molecular formula is C17H28N2O3. The molecular weight excluding hydrogens is 280 g/mol. The molecule has 2 N–H and O–H groups in total. The molecule has 1 aliphatic heterocycles. The van der Waals surface area contributed by atoms with Crippen LogP contribution >= 0.6 is 0 Å². The first-order valence-corrected chi connectivity index (χ1v) is 8.43. The van der Waals surface area contributed by atoms with Gasteiger partial charge in [-0.3, -0.25) is 9.69 Å². The molecule has 0 aliphatic carbocycles. The van der Waals surface area contributed by atoms with Crippen molar-refractivity contribution >= 4 is 0 Å². The maximum atomic E-state index is 11.8. The van der Waals surface area contributed by atoms with Crippen LogP contribution in [0.2, 0.25) is 0 Å². The summed E-state index contributed by atoms with van der Waals surface area (Å²) in [5, 5.41) is 18.9. The van der Waals surface area contributed by atoms with Crippen molar-refractivity contribution in [3.05, 3.63) is 28.2 Å². The quantitative estimate of drug-likeness (QED) is 0.809. The van der Waals surface area contributed by atoms with Crippen LogP contribution in [-0.2, 0) is 13.1 Å². The molecule has 1 fully saturated rings. The van der Waals surface area contributed by atoms with Crippen molar-refractivity contribution in [3.63, 3.8) is 0 Å². The number of aliphatic hydroxyl groups is 1. The smallest absolute Gasteiger partial charge is 0.223 e. The third kappa shape index (κ3) is 4.34. The molecule has 2 heterocycles. The van der Waals surface area contributed by atoms with Gasteiger partial charge in [0.1, 0.15) is 0 Å². The number of hydrogen-bond donors (Lipinski definition) is 2. The van der Waals surface area contributed by atoms with Crippen molar-refractivity contribution in [3.8, 4) is 5.75 Å². The molecule has 124 valence electrons. The normalized spacial score (nSPS) is 19.5. The van der Waals surface area contributed by atoms with Crippen molar-refractivity contribution in [1.29, 1.82) is 0 Å². The molecule has 22 heavy (non-hydrogen) atoms. The number of likely N-dealkylation sites (tertiary alicyclic amines) is 1. The summed E-state index contributed by atoms with van der Waals surface area (Å²) in [6, 6.07) is 1.96. The Hall–Kier alpha value is -1.33. The van der Waals surface area contributed by atoms with Gasteiger partial charge in [0.2, 0.25) is 5.43 Å². The lowest BCUT2D eigenvalue weighted by Crippen LogP contribution is -2.40. The van der Waals surface area contributed by atoms with Crippen molar-refractivity contribution in [2.45, 2.75) is 64.6 Å². The van der Waals surface area contributed by atoms with Gasteiger partial charge in [0, 0.05) is 37.5 Å². The minimum atomic E-state index is -0.307. The highest BCUT2D eigenvalue weighted by Gasteiger charge is 2.23. The number of aliphatic hydroxyl groups excluding tert-OH is 1. The van der Waals surface area contributed by atoms with Gasteiger partial charge in [-0.25, -0.2) is 0 Å². The van der Waals surface area contributed by atoms with Gasteiger partial charge in [-0.15, -0.1) is 0 Å². The van der Waals surface area contributed by atoms with E-state index in [1.54, 1.807) is 12.3 Å². The third-order valence-electron chi connectivity index (χ3n) is 4.53. The lowest BCUT2D eigenvalue weighted by atomic mass is 9.99. The van der Waals surface area contributed by atoms with E-state index in [1.807, 2.05) is 4.57 Å². The van der Waals surface area contributed by atoms with E-state index in [-0.39, 0.29) is 17.8 Å². The van der Waals surface area contributed by atoms with E-state index in [0.717, 1.165) is 44.5 Å². The van der Waals surface area contributed by atoms with Crippen LogP contribution in [-0.4, -0.2) is 38.9 Å². The number of piperidine rings is 1. The van der Waals surface area contributed by atoms with Gasteiger partial charge in [-0.1, -0.05) is 19.8 Å². The molecule has 0 aromatic carbocycles. The van der Waals surface area contributed by atoms with Gasteiger partial charge >= 0.3 is 0 Å². The van der Waals surface area contributed by atoms with E-state index < -0.39 is 0 Å². The van der Waals surface area contributed by atoms with Crippen LogP contribution in [0.5, 0.6) is 5.75 Å². The fraction of sp³-hybridized carbons (Fsp3) is 0.706. The Morgan fingerprint density at radius 1 is 1.36 bits per heavy atom. The van der Waals surface area contributed by atoms with Crippen LogP contribution in [0.4, 0.5) is 0 Å². The minimum Gasteiger partial charge on any atom is -0.503 e. The van der Waals surface area contributed by atoms with Crippen LogP contribution in [0.15, 0.2) is 17.1 Å². The fourth-order valence-corrected chi connectivity index (χ4v) is 3.23. The van der Waals surface area contributed by atoms with Crippen LogP contribution < -0.4 is 5.43 Å². The van der Waals surface area contributed by atoms with Crippen molar-refractivity contribution in [2.75, 3.05) is 13.2 Å². The molecule has 1 unspecified atom stereocenters. The van der Waals surface area contributed by atoms with Crippen molar-refractivity contribution in [1.82, 2.24) is 9.47 Å². The fourth-order valence-electron chi connectivity index (χ4n) is 3.23. The summed E-state index contributed by atoms with van der Waals surface area (Å²) in [6.07, 6.45) is 7.94. The number of aryl methyl sites for hydroxylation is 1. The Labute approximate surface area is 132 Å². The van der Waals surface area contributed by atoms with Gasteiger partial charge in [-0.05, 0) is 32.2 Å². The standard InChI is InChI=1S/C17H28N2O3/c1-2-3-8-19-13-17(22)16(21)11-15(19)12-18-9-5-4-6-14(18)7-10-20/h11,13-14,20,22H,2-10,12H2,1H3. The number of aromatic nitrogens is 1. The molecule has 5 heteroatoms. The monoisotopic (exact) mass is 308 g/mol. The molecule has 2 rings (SSSR count). The molecule has 1 aliphatic rings. The van der Waals surface area contributed by atoms with E-state index >= 15 is 0 Å². The van der Waals surface area contributed by atoms with Crippen LogP contribution in [0.1, 0.15) is 51.1 Å². The van der Waals surface area contributed by atoms with Gasteiger partial charge in [-0.2, -0.15) is 0 Å². The van der Waals surface area contributed by atoms with Gasteiger partial charge in [0.05, 0.1) is 6.20 Å². The average molecular weight is 308 g/mol. The Morgan fingerprint density at radius 2 is 2.18 bits per heavy atom. The molecule has 1 atom stereocenters. The Morgan fingerprint density at radius 3 is 2.91 bits per heavy atom. The number of pyridine rings is 1. The minimum absolute atomic E-state index is 0.176. The summed E-state index contributed by atoms with van der Waals surface area (Å²) in [4.78, 5) is 14.2. The first-order valence-electron chi connectivity index (χ1n) is 8.43. The van der Waals surface area contributed by atoms with Crippen LogP contribution in [0, 0.1) is 0 Å². The van der Waals surface area contributed by atoms with Gasteiger partial charge in [0.25, 0.3) is 0 Å². The Kier molecular flexibility index (Phi) is 6.46. The molecule has 1 aromatic rings. The topological polar surface area (TPSA) is 65.7 Å². The van der Waals surface area contributed by atoms with Crippen LogP contribution in [0.25, 0.3) is 0 Å². The van der Waals surface area contributed by atoms with Crippen LogP contribution in [0.3, 0.4) is 0 Å². The summed E-state index contributed by atoms with van der Waals surface area (Å²) < 4.78 is 2.00. The van der Waals surface area contributed by atoms with E-state index in [2.05, 4.69) is 11.8 Å². The number of hydrogen-bond acceptors (Lipinski definition) is 4. The first kappa shape index (κ1) is 17.0. The average Bonchev–Trinajstić information content (AvgIpc) is 2.51. The predicted octanol–water partition coefficient (Wildman–Crippen LogP) is 2.09. The maximum absolute atomic E-state index is 11.8. The summed E-state index contributed by atoms with van der Waals surface area (Å²) in [7, 11) is 0. The zero-order valence-electron chi connectivity index (χ0n) is 13.5. The zero-order chi connectivity index (χ0) is 15.9. The number of unbranched alkanes of at least 4 members (excludes halogenated alkanes) is 1. The van der Waals surface area contributed by atoms with E-state index in [4.69, 9.17) is 0 Å². The molecule has 0 amide bonds. The highest BCUT2D eigenvalue weighted by Crippen LogP contribution is 2.22. The molecule has 1 aromatic heterocycles. The summed E-state index contributed by atoms with van der Waals surface area (Å²) in [5.74, 6) is -0.176. The maximum Gasteiger partial charge on any atom is 0.223 e. The number of aromatic hydroxyl groups is 1. The summed E-state index contributed by atoms with van der Waals surface area (Å²) in [6.45, 7) is 4.87. The van der Waals surface area contributed by atoms with E-state index in [0.29, 0.717) is 12.6 Å². The Balaban J connectivity index is 2.18. The zero-order valence-corrected chi connectivity index (χ0v) is 13.5. The highest BCUT2D eigenvalue weighted by atomic mass is 16.3. The molecule has 0 bridgehead atoms. The predicted molar refractivity (Wildman–Crippen MR) is 87.0 cm³/mol. The molecule has 1 saturated heterocycles. The van der Waals surface area contributed by atoms with E-state index in [9.17, 15) is 15.0 Å². The third-order valence-corrected chi connectivity index (χ3v) is 4.53. The summed E-state index contributed by atoms with van der Waals surface area (Å²) >= 11 is 0. The molecule has 5 nitrogen and oxygen atoms in total. The van der Waals surface area contributed by atoms with Crippen molar-refractivity contribution in [2.24, 2.45) is 0 Å². The summed E-state index contributed by atoms with van der Waals surface area (Å²) in [5.41, 5.74) is 0.652. The first-order chi connectivity index (χ1) is 10.7. The van der Waals surface area contributed by atoms with E-state index in [1.165, 1.54) is 12.8 Å². The number of nitrogens with zero attached hydrogens (tertiary/aromatic N) is 2. The van der Waals surface area contributed by atoms with Crippen molar-refractivity contribution < 1.29 is 10.2 Å². The lowest BCUT2D eigenvalue weighted by molar-refractivity contribution is 0.109. The largest absolute Gasteiger partial charge is 0.503 e. The second-order valence-electron chi connectivity index (χ2n) is 6.19. The highest BCUT2D eigenvalue weighted by molar-refractivity contribution is 5.20. The van der Waals surface area contributed by atoms with Gasteiger partial charge in [0.15, 0.2) is 5.75 Å². The number of rotatable bonds is 7. The molecule has 0 spiro atoms.